The molecule has 0 aromatic rings. The summed E-state index contributed by atoms with van der Waals surface area (Å²) in [5.41, 5.74) is 0. The Morgan fingerprint density at radius 3 is 1.49 bits per heavy atom. The zero-order valence-corrected chi connectivity index (χ0v) is 25.9. The van der Waals surface area contributed by atoms with Gasteiger partial charge in [-0.25, -0.2) is 0 Å². The van der Waals surface area contributed by atoms with Gasteiger partial charge in [-0.3, -0.25) is 4.79 Å². The van der Waals surface area contributed by atoms with Crippen molar-refractivity contribution in [2.75, 3.05) is 6.61 Å². The largest absolute Gasteiger partial charge is 0.394 e. The quantitative estimate of drug-likeness (QED) is 0.0645. The summed E-state index contributed by atoms with van der Waals surface area (Å²) >= 11 is 0. The molecule has 1 amide bonds. The zero-order valence-electron chi connectivity index (χ0n) is 25.9. The fourth-order valence-corrected chi connectivity index (χ4v) is 4.74. The Balaban J connectivity index is 3.59. The van der Waals surface area contributed by atoms with E-state index in [1.54, 1.807) is 6.08 Å². The molecule has 0 rings (SSSR count). The lowest BCUT2D eigenvalue weighted by molar-refractivity contribution is -0.123. The van der Waals surface area contributed by atoms with Gasteiger partial charge >= 0.3 is 0 Å². The third-order valence-corrected chi connectivity index (χ3v) is 7.35. The molecular weight excluding hydrogens is 482 g/mol. The van der Waals surface area contributed by atoms with Crippen molar-refractivity contribution >= 4 is 5.91 Å². The Hall–Kier alpha value is -1.39. The third-order valence-electron chi connectivity index (χ3n) is 7.35. The summed E-state index contributed by atoms with van der Waals surface area (Å²) in [5.74, 6) is -0.0982. The fourth-order valence-electron chi connectivity index (χ4n) is 4.74. The van der Waals surface area contributed by atoms with Crippen LogP contribution in [-0.2, 0) is 4.79 Å². The van der Waals surface area contributed by atoms with Crippen LogP contribution in [0.1, 0.15) is 162 Å². The highest BCUT2D eigenvalue weighted by molar-refractivity contribution is 5.76. The Labute approximate surface area is 242 Å². The predicted octanol–water partition coefficient (Wildman–Crippen LogP) is 9.51. The molecule has 0 aromatic heterocycles. The molecule has 0 aliphatic heterocycles. The number of nitrogens with one attached hydrogen (secondary N) is 1. The standard InChI is InChI=1S/C35H65NO3/c1-3-5-7-9-10-11-12-13-14-15-16-17-18-19-20-21-22-23-24-25-26-27-28-30-34(38)33(32-37)36-35(39)31-29-8-6-4-2/h20-21,24-25,28,30,33-34,37-38H,3-19,22-23,26-27,29,31-32H2,1-2H3,(H,36,39)/b21-20+,25-24+,30-28+. The Morgan fingerprint density at radius 2 is 1.00 bits per heavy atom. The lowest BCUT2D eigenvalue weighted by atomic mass is 10.0. The molecule has 0 saturated heterocycles. The second-order valence-corrected chi connectivity index (χ2v) is 11.2. The van der Waals surface area contributed by atoms with Gasteiger partial charge in [0.1, 0.15) is 0 Å². The maximum atomic E-state index is 12.0. The molecule has 0 aromatic carbocycles. The normalized spacial score (nSPS) is 13.6. The minimum absolute atomic E-state index is 0.0982. The minimum Gasteiger partial charge on any atom is -0.394 e. The molecule has 4 heteroatoms. The van der Waals surface area contributed by atoms with Crippen molar-refractivity contribution in [3.63, 3.8) is 0 Å². The molecule has 0 saturated carbocycles. The molecule has 0 aliphatic rings. The average molecular weight is 548 g/mol. The van der Waals surface area contributed by atoms with Crippen LogP contribution in [0.4, 0.5) is 0 Å². The number of aliphatic hydroxyl groups is 2. The minimum atomic E-state index is -0.862. The Kier molecular flexibility index (Phi) is 30.0. The van der Waals surface area contributed by atoms with E-state index in [-0.39, 0.29) is 12.5 Å². The van der Waals surface area contributed by atoms with Crippen molar-refractivity contribution in [2.45, 2.75) is 174 Å². The van der Waals surface area contributed by atoms with Crippen molar-refractivity contribution in [3.05, 3.63) is 36.5 Å². The van der Waals surface area contributed by atoms with Crippen LogP contribution in [-0.4, -0.2) is 34.9 Å². The van der Waals surface area contributed by atoms with Gasteiger partial charge in [-0.1, -0.05) is 147 Å². The second-order valence-electron chi connectivity index (χ2n) is 11.2. The van der Waals surface area contributed by atoms with Gasteiger partial charge in [0.2, 0.25) is 5.91 Å². The number of amides is 1. The Bertz CT molecular complexity index is 599. The van der Waals surface area contributed by atoms with E-state index in [4.69, 9.17) is 0 Å². The molecule has 228 valence electrons. The van der Waals surface area contributed by atoms with Gasteiger partial charge in [0, 0.05) is 6.42 Å². The van der Waals surface area contributed by atoms with E-state index in [1.807, 2.05) is 6.08 Å². The smallest absolute Gasteiger partial charge is 0.220 e. The first kappa shape index (κ1) is 37.6. The topological polar surface area (TPSA) is 69.6 Å². The lowest BCUT2D eigenvalue weighted by Gasteiger charge is -2.19. The SMILES string of the molecule is CCCCCCCCCCCCCCC/C=C/CC/C=C/CC/C=C/C(O)C(CO)NC(=O)CCCCCC. The van der Waals surface area contributed by atoms with E-state index >= 15 is 0 Å². The number of rotatable bonds is 29. The van der Waals surface area contributed by atoms with Gasteiger partial charge in [-0.15, -0.1) is 0 Å². The molecule has 3 N–H and O–H groups in total. The molecule has 0 radical (unpaired) electrons. The van der Waals surface area contributed by atoms with E-state index < -0.39 is 12.1 Å². The average Bonchev–Trinajstić information content (AvgIpc) is 2.94. The first-order valence-corrected chi connectivity index (χ1v) is 16.7. The van der Waals surface area contributed by atoms with Crippen LogP contribution >= 0.6 is 0 Å². The molecule has 39 heavy (non-hydrogen) atoms. The van der Waals surface area contributed by atoms with Crippen LogP contribution in [0.15, 0.2) is 36.5 Å². The van der Waals surface area contributed by atoms with Crippen molar-refractivity contribution in [2.24, 2.45) is 0 Å². The number of aliphatic hydroxyl groups excluding tert-OH is 2. The molecule has 0 bridgehead atoms. The summed E-state index contributed by atoms with van der Waals surface area (Å²) in [4.78, 5) is 12.0. The van der Waals surface area contributed by atoms with Crippen LogP contribution < -0.4 is 5.32 Å². The van der Waals surface area contributed by atoms with Crippen molar-refractivity contribution in [1.82, 2.24) is 5.32 Å². The highest BCUT2D eigenvalue weighted by Gasteiger charge is 2.17. The van der Waals surface area contributed by atoms with E-state index in [2.05, 4.69) is 43.5 Å². The molecular formula is C35H65NO3. The van der Waals surface area contributed by atoms with Gasteiger partial charge in [0.15, 0.2) is 0 Å². The van der Waals surface area contributed by atoms with Crippen LogP contribution in [0.3, 0.4) is 0 Å². The number of unbranched alkanes of at least 4 members (excludes halogenated alkanes) is 18. The summed E-state index contributed by atoms with van der Waals surface area (Å²) in [5, 5.41) is 22.5. The summed E-state index contributed by atoms with van der Waals surface area (Å²) in [6.07, 6.45) is 39.9. The van der Waals surface area contributed by atoms with Gasteiger partial charge in [-0.2, -0.15) is 0 Å². The van der Waals surface area contributed by atoms with E-state index in [0.717, 1.165) is 51.4 Å². The van der Waals surface area contributed by atoms with Crippen molar-refractivity contribution < 1.29 is 15.0 Å². The van der Waals surface area contributed by atoms with Crippen LogP contribution in [0.5, 0.6) is 0 Å². The molecule has 0 aliphatic carbocycles. The molecule has 0 fully saturated rings. The first-order chi connectivity index (χ1) is 19.2. The molecule has 0 spiro atoms. The zero-order chi connectivity index (χ0) is 28.7. The van der Waals surface area contributed by atoms with E-state index in [9.17, 15) is 15.0 Å². The molecule has 0 heterocycles. The molecule has 2 atom stereocenters. The third kappa shape index (κ3) is 28.0. The summed E-state index contributed by atoms with van der Waals surface area (Å²) in [7, 11) is 0. The van der Waals surface area contributed by atoms with Crippen molar-refractivity contribution in [1.29, 1.82) is 0 Å². The maximum Gasteiger partial charge on any atom is 0.220 e. The summed E-state index contributed by atoms with van der Waals surface area (Å²) in [6.45, 7) is 4.16. The van der Waals surface area contributed by atoms with Gasteiger partial charge in [0.25, 0.3) is 0 Å². The summed E-state index contributed by atoms with van der Waals surface area (Å²) in [6, 6.07) is -0.637. The predicted molar refractivity (Wildman–Crippen MR) is 170 cm³/mol. The highest BCUT2D eigenvalue weighted by Crippen LogP contribution is 2.13. The van der Waals surface area contributed by atoms with Crippen molar-refractivity contribution in [3.8, 4) is 0 Å². The number of allylic oxidation sites excluding steroid dienone is 5. The number of carbonyl (C=O) groups is 1. The van der Waals surface area contributed by atoms with Gasteiger partial charge in [-0.05, 0) is 44.9 Å². The number of hydrogen-bond acceptors (Lipinski definition) is 3. The fraction of sp³-hybridized carbons (Fsp3) is 0.800. The second kappa shape index (κ2) is 31.1. The van der Waals surface area contributed by atoms with E-state index in [1.165, 1.54) is 89.9 Å². The van der Waals surface area contributed by atoms with Gasteiger partial charge in [0.05, 0.1) is 18.8 Å². The maximum absolute atomic E-state index is 12.0. The molecule has 2 unspecified atom stereocenters. The summed E-state index contributed by atoms with van der Waals surface area (Å²) < 4.78 is 0. The monoisotopic (exact) mass is 547 g/mol. The number of hydrogen-bond donors (Lipinski definition) is 3. The van der Waals surface area contributed by atoms with E-state index in [0.29, 0.717) is 6.42 Å². The number of carbonyl (C=O) groups excluding carboxylic acids is 1. The highest BCUT2D eigenvalue weighted by atomic mass is 16.3. The van der Waals surface area contributed by atoms with Crippen LogP contribution in [0.25, 0.3) is 0 Å². The van der Waals surface area contributed by atoms with Gasteiger partial charge < -0.3 is 15.5 Å². The Morgan fingerprint density at radius 1 is 0.590 bits per heavy atom. The van der Waals surface area contributed by atoms with Crippen LogP contribution in [0.2, 0.25) is 0 Å². The van der Waals surface area contributed by atoms with Crippen LogP contribution in [0, 0.1) is 0 Å². The first-order valence-electron chi connectivity index (χ1n) is 16.7. The lowest BCUT2D eigenvalue weighted by Crippen LogP contribution is -2.45. The molecule has 4 nitrogen and oxygen atoms in total.